The number of likely N-dealkylation sites (tertiary alicyclic amines) is 1. The molecule has 5 heteroatoms. The molecule has 1 saturated heterocycles. The maximum atomic E-state index is 13.6. The lowest BCUT2D eigenvalue weighted by atomic mass is 9.86. The number of halogens is 1. The highest BCUT2D eigenvalue weighted by Gasteiger charge is 2.44. The fourth-order valence-electron chi connectivity index (χ4n) is 3.22. The summed E-state index contributed by atoms with van der Waals surface area (Å²) in [6, 6.07) is 4.21. The average Bonchev–Trinajstić information content (AvgIpc) is 2.57. The number of nitrogens with zero attached hydrogens (tertiary/aromatic N) is 1. The monoisotopic (exact) mass is 334 g/mol. The predicted molar refractivity (Wildman–Crippen MR) is 92.3 cm³/mol. The zero-order valence-electron chi connectivity index (χ0n) is 14.8. The van der Waals surface area contributed by atoms with E-state index in [1.165, 1.54) is 12.1 Å². The summed E-state index contributed by atoms with van der Waals surface area (Å²) in [6.45, 7) is 6.81. The van der Waals surface area contributed by atoms with E-state index in [0.717, 1.165) is 31.2 Å². The summed E-state index contributed by atoms with van der Waals surface area (Å²) >= 11 is 0. The second-order valence-electron chi connectivity index (χ2n) is 6.76. The number of aryl methyl sites for hydroxylation is 1. The number of benzene rings is 1. The van der Waals surface area contributed by atoms with Crippen LogP contribution in [0.25, 0.3) is 0 Å². The van der Waals surface area contributed by atoms with Crippen LogP contribution < -0.4 is 5.32 Å². The molecule has 4 nitrogen and oxygen atoms in total. The van der Waals surface area contributed by atoms with Crippen molar-refractivity contribution >= 4 is 11.8 Å². The van der Waals surface area contributed by atoms with Gasteiger partial charge in [0.15, 0.2) is 0 Å². The molecule has 1 aliphatic rings. The molecule has 0 aromatic heterocycles. The van der Waals surface area contributed by atoms with Gasteiger partial charge in [0.25, 0.3) is 5.91 Å². The third kappa shape index (κ3) is 3.77. The quantitative estimate of drug-likeness (QED) is 0.839. The molecule has 0 saturated carbocycles. The van der Waals surface area contributed by atoms with Crippen molar-refractivity contribution in [2.75, 3.05) is 13.1 Å². The van der Waals surface area contributed by atoms with Crippen LogP contribution in [-0.2, 0) is 4.79 Å². The normalized spacial score (nSPS) is 20.8. The third-order valence-corrected chi connectivity index (χ3v) is 4.87. The molecule has 0 aliphatic carbocycles. The Kier molecular flexibility index (Phi) is 5.97. The molecule has 1 atom stereocenters. The van der Waals surface area contributed by atoms with Crippen molar-refractivity contribution in [2.24, 2.45) is 0 Å². The van der Waals surface area contributed by atoms with Crippen molar-refractivity contribution in [3.8, 4) is 0 Å². The summed E-state index contributed by atoms with van der Waals surface area (Å²) in [7, 11) is 0. The van der Waals surface area contributed by atoms with Crippen LogP contribution in [0.15, 0.2) is 18.2 Å². The minimum absolute atomic E-state index is 0.113. The van der Waals surface area contributed by atoms with Crippen molar-refractivity contribution < 1.29 is 14.0 Å². The molecular weight excluding hydrogens is 307 g/mol. The van der Waals surface area contributed by atoms with E-state index in [2.05, 4.69) is 12.2 Å². The van der Waals surface area contributed by atoms with Gasteiger partial charge in [-0.15, -0.1) is 0 Å². The van der Waals surface area contributed by atoms with Crippen LogP contribution >= 0.6 is 0 Å². The molecule has 1 fully saturated rings. The number of hydrogen-bond donors (Lipinski definition) is 1. The number of piperidine rings is 1. The minimum atomic E-state index is -0.873. The van der Waals surface area contributed by atoms with Gasteiger partial charge in [-0.05, 0) is 57.2 Å². The maximum absolute atomic E-state index is 13.6. The summed E-state index contributed by atoms with van der Waals surface area (Å²) < 4.78 is 13.6. The summed E-state index contributed by atoms with van der Waals surface area (Å²) in [5.41, 5.74) is 0.187. The molecule has 1 aromatic carbocycles. The first kappa shape index (κ1) is 18.4. The Labute approximate surface area is 143 Å². The first-order valence-corrected chi connectivity index (χ1v) is 8.76. The lowest BCUT2D eigenvalue weighted by molar-refractivity contribution is -0.133. The van der Waals surface area contributed by atoms with Gasteiger partial charge in [-0.25, -0.2) is 4.39 Å². The average molecular weight is 334 g/mol. The smallest absolute Gasteiger partial charge is 0.255 e. The highest BCUT2D eigenvalue weighted by atomic mass is 19.1. The van der Waals surface area contributed by atoms with Crippen molar-refractivity contribution in [3.05, 3.63) is 35.1 Å². The summed E-state index contributed by atoms with van der Waals surface area (Å²) in [4.78, 5) is 27.3. The predicted octanol–water partition coefficient (Wildman–Crippen LogP) is 3.44. The standard InChI is InChI=1S/C19H27FN2O2/c1-4-5-11-21-18(24)19(3)10-6-7-12-22(19)17(23)16-13-15(20)9-8-14(16)2/h8-9,13H,4-7,10-12H2,1-3H3,(H,21,24). The molecule has 0 radical (unpaired) electrons. The lowest BCUT2D eigenvalue weighted by Gasteiger charge is -2.43. The second kappa shape index (κ2) is 7.77. The maximum Gasteiger partial charge on any atom is 0.255 e. The molecule has 1 N–H and O–H groups in total. The van der Waals surface area contributed by atoms with E-state index in [4.69, 9.17) is 0 Å². The SMILES string of the molecule is CCCCNC(=O)C1(C)CCCCN1C(=O)c1cc(F)ccc1C. The van der Waals surface area contributed by atoms with Crippen molar-refractivity contribution in [3.63, 3.8) is 0 Å². The molecule has 2 rings (SSSR count). The number of amides is 2. The van der Waals surface area contributed by atoms with Gasteiger partial charge in [-0.1, -0.05) is 19.4 Å². The molecular formula is C19H27FN2O2. The zero-order chi connectivity index (χ0) is 17.7. The highest BCUT2D eigenvalue weighted by Crippen LogP contribution is 2.30. The Morgan fingerprint density at radius 1 is 1.33 bits per heavy atom. The summed E-state index contributed by atoms with van der Waals surface area (Å²) in [6.07, 6.45) is 4.31. The Morgan fingerprint density at radius 3 is 2.79 bits per heavy atom. The minimum Gasteiger partial charge on any atom is -0.354 e. The first-order valence-electron chi connectivity index (χ1n) is 8.76. The molecule has 2 amide bonds. The molecule has 1 aliphatic heterocycles. The summed E-state index contributed by atoms with van der Waals surface area (Å²) in [5, 5.41) is 2.95. The van der Waals surface area contributed by atoms with Crippen LogP contribution in [0.3, 0.4) is 0 Å². The van der Waals surface area contributed by atoms with E-state index in [-0.39, 0.29) is 11.8 Å². The Hall–Kier alpha value is -1.91. The molecule has 1 heterocycles. The lowest BCUT2D eigenvalue weighted by Crippen LogP contribution is -2.61. The van der Waals surface area contributed by atoms with Crippen LogP contribution in [0.2, 0.25) is 0 Å². The van der Waals surface area contributed by atoms with Crippen molar-refractivity contribution in [1.29, 1.82) is 0 Å². The van der Waals surface area contributed by atoms with Crippen LogP contribution in [0.4, 0.5) is 4.39 Å². The Morgan fingerprint density at radius 2 is 2.08 bits per heavy atom. The topological polar surface area (TPSA) is 49.4 Å². The van der Waals surface area contributed by atoms with E-state index < -0.39 is 11.4 Å². The fraction of sp³-hybridized carbons (Fsp3) is 0.579. The van der Waals surface area contributed by atoms with Gasteiger partial charge >= 0.3 is 0 Å². The van der Waals surface area contributed by atoms with Gasteiger partial charge in [0.1, 0.15) is 11.4 Å². The largest absolute Gasteiger partial charge is 0.354 e. The number of unbranched alkanes of at least 4 members (excludes halogenated alkanes) is 1. The van der Waals surface area contributed by atoms with Gasteiger partial charge in [0, 0.05) is 18.7 Å². The number of carbonyl (C=O) groups excluding carboxylic acids is 2. The zero-order valence-corrected chi connectivity index (χ0v) is 14.8. The number of nitrogens with one attached hydrogen (secondary N) is 1. The van der Waals surface area contributed by atoms with E-state index in [1.54, 1.807) is 17.9 Å². The molecule has 132 valence electrons. The van der Waals surface area contributed by atoms with Gasteiger partial charge < -0.3 is 10.2 Å². The van der Waals surface area contributed by atoms with Crippen LogP contribution in [0.5, 0.6) is 0 Å². The van der Waals surface area contributed by atoms with Gasteiger partial charge in [0.2, 0.25) is 5.91 Å². The molecule has 1 unspecified atom stereocenters. The van der Waals surface area contributed by atoms with Crippen molar-refractivity contribution in [1.82, 2.24) is 10.2 Å². The van der Waals surface area contributed by atoms with Crippen LogP contribution in [0, 0.1) is 12.7 Å². The highest BCUT2D eigenvalue weighted by molar-refractivity contribution is 6.00. The van der Waals surface area contributed by atoms with E-state index in [0.29, 0.717) is 25.1 Å². The first-order chi connectivity index (χ1) is 11.4. The second-order valence-corrected chi connectivity index (χ2v) is 6.76. The molecule has 0 spiro atoms. The third-order valence-electron chi connectivity index (χ3n) is 4.87. The van der Waals surface area contributed by atoms with E-state index in [1.807, 2.05) is 6.92 Å². The Bertz CT molecular complexity index is 617. The molecule has 1 aromatic rings. The van der Waals surface area contributed by atoms with Gasteiger partial charge in [0.05, 0.1) is 0 Å². The number of rotatable bonds is 5. The Balaban J connectivity index is 2.26. The van der Waals surface area contributed by atoms with Crippen LogP contribution in [0.1, 0.15) is 61.9 Å². The fourth-order valence-corrected chi connectivity index (χ4v) is 3.22. The van der Waals surface area contributed by atoms with Crippen LogP contribution in [-0.4, -0.2) is 35.3 Å². The molecule has 0 bridgehead atoms. The molecule has 24 heavy (non-hydrogen) atoms. The van der Waals surface area contributed by atoms with E-state index >= 15 is 0 Å². The van der Waals surface area contributed by atoms with Gasteiger partial charge in [-0.3, -0.25) is 9.59 Å². The van der Waals surface area contributed by atoms with E-state index in [9.17, 15) is 14.0 Å². The van der Waals surface area contributed by atoms with Crippen molar-refractivity contribution in [2.45, 2.75) is 58.4 Å². The number of hydrogen-bond acceptors (Lipinski definition) is 2. The number of carbonyl (C=O) groups is 2. The van der Waals surface area contributed by atoms with Gasteiger partial charge in [-0.2, -0.15) is 0 Å². The summed E-state index contributed by atoms with van der Waals surface area (Å²) in [5.74, 6) is -0.812.